The first-order valence-corrected chi connectivity index (χ1v) is 5.28. The highest BCUT2D eigenvalue weighted by Gasteiger charge is 1.94. The molecule has 1 aromatic carbocycles. The van der Waals surface area contributed by atoms with Gasteiger partial charge in [0.25, 0.3) is 0 Å². The number of aldehydes is 1. The van der Waals surface area contributed by atoms with Gasteiger partial charge in [0, 0.05) is 14.2 Å². The molecule has 0 heterocycles. The highest BCUT2D eigenvalue weighted by atomic mass is 16.5. The lowest BCUT2D eigenvalue weighted by molar-refractivity contribution is -0.109. The van der Waals surface area contributed by atoms with Crippen molar-refractivity contribution in [3.05, 3.63) is 29.8 Å². The summed E-state index contributed by atoms with van der Waals surface area (Å²) in [6, 6.07) is 7.61. The van der Waals surface area contributed by atoms with Gasteiger partial charge in [0.1, 0.15) is 12.4 Å². The Kier molecular flexibility index (Phi) is 14.6. The van der Waals surface area contributed by atoms with Crippen molar-refractivity contribution in [3.8, 4) is 5.75 Å². The number of carbonyl (C=O) groups excluding carboxylic acids is 1. The third-order valence-electron chi connectivity index (χ3n) is 1.40. The Labute approximate surface area is 98.4 Å². The predicted octanol–water partition coefficient (Wildman–Crippen LogP) is 2.86. The maximum atomic E-state index is 9.96. The summed E-state index contributed by atoms with van der Waals surface area (Å²) in [5.74, 6) is 0.777. The Hall–Kier alpha value is -1.35. The summed E-state index contributed by atoms with van der Waals surface area (Å²) in [4.78, 5) is 9.96. The van der Waals surface area contributed by atoms with Crippen LogP contribution in [0.3, 0.4) is 0 Å². The first-order valence-electron chi connectivity index (χ1n) is 5.28. The first-order chi connectivity index (χ1) is 7.76. The molecule has 16 heavy (non-hydrogen) atoms. The van der Waals surface area contributed by atoms with Crippen LogP contribution in [0.25, 0.3) is 0 Å². The molecule has 3 heteroatoms. The fraction of sp³-hybridized carbons (Fsp3) is 0.462. The van der Waals surface area contributed by atoms with Crippen LogP contribution in [0.1, 0.15) is 19.4 Å². The lowest BCUT2D eigenvalue weighted by Crippen LogP contribution is -1.98. The Morgan fingerprint density at radius 1 is 1.19 bits per heavy atom. The largest absolute Gasteiger partial charge is 0.486 e. The van der Waals surface area contributed by atoms with E-state index in [9.17, 15) is 4.79 Å². The molecule has 0 spiro atoms. The van der Waals surface area contributed by atoms with Gasteiger partial charge in [0.2, 0.25) is 0 Å². The van der Waals surface area contributed by atoms with Gasteiger partial charge in [-0.2, -0.15) is 0 Å². The Balaban J connectivity index is 0. The van der Waals surface area contributed by atoms with Crippen LogP contribution in [-0.4, -0.2) is 27.1 Å². The summed E-state index contributed by atoms with van der Waals surface area (Å²) in [5.41, 5.74) is 1.05. The van der Waals surface area contributed by atoms with E-state index in [2.05, 4.69) is 4.74 Å². The van der Waals surface area contributed by atoms with Crippen molar-refractivity contribution in [1.29, 1.82) is 0 Å². The number of carbonyl (C=O) groups is 1. The maximum Gasteiger partial charge on any atom is 0.157 e. The number of para-hydroxylation sites is 1. The topological polar surface area (TPSA) is 35.5 Å². The second-order valence-electron chi connectivity index (χ2n) is 2.65. The van der Waals surface area contributed by atoms with Crippen LogP contribution in [0.4, 0.5) is 0 Å². The zero-order chi connectivity index (χ0) is 12.8. The summed E-state index contributed by atoms with van der Waals surface area (Å²) in [7, 11) is 3.25. The molecule has 1 aromatic rings. The molecule has 0 aromatic heterocycles. The Morgan fingerprint density at radius 3 is 2.12 bits per heavy atom. The van der Waals surface area contributed by atoms with E-state index in [0.29, 0.717) is 0 Å². The average Bonchev–Trinajstić information content (AvgIpc) is 2.32. The van der Waals surface area contributed by atoms with E-state index in [1.807, 2.05) is 45.0 Å². The van der Waals surface area contributed by atoms with Gasteiger partial charge < -0.3 is 9.47 Å². The van der Waals surface area contributed by atoms with Crippen molar-refractivity contribution in [2.24, 2.45) is 0 Å². The molecule has 1 rings (SSSR count). The van der Waals surface area contributed by atoms with E-state index in [1.165, 1.54) is 0 Å². The van der Waals surface area contributed by atoms with Crippen LogP contribution in [0.2, 0.25) is 0 Å². The molecule has 0 aliphatic rings. The van der Waals surface area contributed by atoms with Crippen LogP contribution < -0.4 is 4.74 Å². The molecule has 0 N–H and O–H groups in total. The molecule has 0 aliphatic carbocycles. The molecular formula is C13H22O3. The third kappa shape index (κ3) is 9.21. The number of benzene rings is 1. The van der Waals surface area contributed by atoms with E-state index < -0.39 is 0 Å². The number of hydrogen-bond donors (Lipinski definition) is 0. The van der Waals surface area contributed by atoms with Crippen molar-refractivity contribution in [3.63, 3.8) is 0 Å². The fourth-order valence-corrected chi connectivity index (χ4v) is 0.842. The summed E-state index contributed by atoms with van der Waals surface area (Å²) in [6.07, 6.45) is 0.742. The molecule has 0 unspecified atom stereocenters. The zero-order valence-corrected chi connectivity index (χ0v) is 10.8. The number of hydrogen-bond acceptors (Lipinski definition) is 3. The van der Waals surface area contributed by atoms with Gasteiger partial charge in [0.15, 0.2) is 6.29 Å². The summed E-state index contributed by atoms with van der Waals surface area (Å²) in [5, 5.41) is 0. The van der Waals surface area contributed by atoms with Gasteiger partial charge in [-0.15, -0.1) is 0 Å². The lowest BCUT2D eigenvalue weighted by Gasteiger charge is -2.03. The van der Waals surface area contributed by atoms with Crippen molar-refractivity contribution in [2.75, 3.05) is 20.8 Å². The highest BCUT2D eigenvalue weighted by Crippen LogP contribution is 2.15. The molecule has 0 amide bonds. The predicted molar refractivity (Wildman–Crippen MR) is 67.0 cm³/mol. The number of rotatable bonds is 3. The minimum absolute atomic E-state index is 0.130. The maximum absolute atomic E-state index is 9.96. The average molecular weight is 226 g/mol. The molecule has 0 saturated heterocycles. The van der Waals surface area contributed by atoms with Gasteiger partial charge in [0.05, 0.1) is 0 Å². The molecular weight excluding hydrogens is 204 g/mol. The molecule has 0 saturated carbocycles. The second kappa shape index (κ2) is 13.7. The van der Waals surface area contributed by atoms with Gasteiger partial charge in [-0.3, -0.25) is 4.79 Å². The lowest BCUT2D eigenvalue weighted by atomic mass is 10.2. The Morgan fingerprint density at radius 2 is 1.69 bits per heavy atom. The van der Waals surface area contributed by atoms with Crippen LogP contribution >= 0.6 is 0 Å². The smallest absolute Gasteiger partial charge is 0.157 e. The van der Waals surface area contributed by atoms with Crippen LogP contribution in [0.5, 0.6) is 5.75 Å². The number of aryl methyl sites for hydroxylation is 1. The fourth-order valence-electron chi connectivity index (χ4n) is 0.842. The summed E-state index contributed by atoms with van der Waals surface area (Å²) in [6.45, 7) is 6.07. The van der Waals surface area contributed by atoms with Gasteiger partial charge >= 0.3 is 0 Å². The zero-order valence-electron chi connectivity index (χ0n) is 10.8. The molecule has 0 atom stereocenters. The number of ether oxygens (including phenoxy) is 2. The summed E-state index contributed by atoms with van der Waals surface area (Å²) < 4.78 is 9.37. The second-order valence-corrected chi connectivity index (χ2v) is 2.65. The molecule has 92 valence electrons. The molecule has 3 nitrogen and oxygen atoms in total. The van der Waals surface area contributed by atoms with Crippen molar-refractivity contribution < 1.29 is 14.3 Å². The third-order valence-corrected chi connectivity index (χ3v) is 1.40. The van der Waals surface area contributed by atoms with E-state index in [0.717, 1.165) is 17.6 Å². The van der Waals surface area contributed by atoms with Gasteiger partial charge in [-0.1, -0.05) is 32.0 Å². The van der Waals surface area contributed by atoms with E-state index >= 15 is 0 Å². The van der Waals surface area contributed by atoms with E-state index in [4.69, 9.17) is 4.74 Å². The first kappa shape index (κ1) is 17.1. The Bertz CT molecular complexity index is 259. The standard InChI is InChI=1S/C9H10O2.C2H6O.C2H6/c1-8-4-2-3-5-9(8)11-7-6-10;1-3-2;1-2/h2-6H,7H2,1H3;1-2H3;1-2H3. The van der Waals surface area contributed by atoms with E-state index in [1.54, 1.807) is 14.2 Å². The van der Waals surface area contributed by atoms with Gasteiger partial charge in [-0.05, 0) is 18.6 Å². The number of methoxy groups -OCH3 is 1. The van der Waals surface area contributed by atoms with Crippen LogP contribution in [-0.2, 0) is 9.53 Å². The minimum Gasteiger partial charge on any atom is -0.486 e. The highest BCUT2D eigenvalue weighted by molar-refractivity contribution is 5.51. The van der Waals surface area contributed by atoms with E-state index in [-0.39, 0.29) is 6.61 Å². The molecule has 0 aliphatic heterocycles. The minimum atomic E-state index is 0.130. The van der Waals surface area contributed by atoms with Crippen LogP contribution in [0, 0.1) is 6.92 Å². The van der Waals surface area contributed by atoms with Crippen molar-refractivity contribution in [2.45, 2.75) is 20.8 Å². The molecule has 0 bridgehead atoms. The monoisotopic (exact) mass is 226 g/mol. The molecule has 0 fully saturated rings. The SMILES string of the molecule is CC.COC.Cc1ccccc1OCC=O. The van der Waals surface area contributed by atoms with Crippen molar-refractivity contribution in [1.82, 2.24) is 0 Å². The quantitative estimate of drug-likeness (QED) is 0.743. The summed E-state index contributed by atoms with van der Waals surface area (Å²) >= 11 is 0. The normalized spacial score (nSPS) is 7.81. The molecule has 0 radical (unpaired) electrons. The van der Waals surface area contributed by atoms with Crippen LogP contribution in [0.15, 0.2) is 24.3 Å². The van der Waals surface area contributed by atoms with Gasteiger partial charge in [-0.25, -0.2) is 0 Å². The van der Waals surface area contributed by atoms with Crippen molar-refractivity contribution >= 4 is 6.29 Å².